The van der Waals surface area contributed by atoms with Gasteiger partial charge in [0.05, 0.1) is 0 Å². The molecule has 1 unspecified atom stereocenters. The lowest BCUT2D eigenvalue weighted by Crippen LogP contribution is -2.31. The van der Waals surface area contributed by atoms with Gasteiger partial charge in [-0.1, -0.05) is 20.8 Å². The van der Waals surface area contributed by atoms with Gasteiger partial charge < -0.3 is 5.32 Å². The fourth-order valence-corrected chi connectivity index (χ4v) is 2.65. The Kier molecular flexibility index (Phi) is 3.91. The smallest absolute Gasteiger partial charge is 0.0172 e. The molecule has 1 nitrogen and oxygen atoms in total. The molecular formula is C10H21NS. The van der Waals surface area contributed by atoms with E-state index in [-0.39, 0.29) is 0 Å². The van der Waals surface area contributed by atoms with Crippen molar-refractivity contribution in [1.29, 1.82) is 0 Å². The lowest BCUT2D eigenvalue weighted by atomic mass is 9.97. The molecule has 0 amide bonds. The largest absolute Gasteiger partial charge is 0.315 e. The van der Waals surface area contributed by atoms with Gasteiger partial charge >= 0.3 is 0 Å². The summed E-state index contributed by atoms with van der Waals surface area (Å²) in [6.45, 7) is 9.19. The van der Waals surface area contributed by atoms with Gasteiger partial charge in [-0.3, -0.25) is 0 Å². The van der Waals surface area contributed by atoms with Crippen LogP contribution in [-0.2, 0) is 0 Å². The van der Waals surface area contributed by atoms with E-state index in [0.29, 0.717) is 5.41 Å². The van der Waals surface area contributed by atoms with Gasteiger partial charge in [0.25, 0.3) is 0 Å². The number of thioether (sulfide) groups is 1. The maximum Gasteiger partial charge on any atom is 0.0172 e. The molecule has 0 aliphatic carbocycles. The third-order valence-electron chi connectivity index (χ3n) is 2.05. The number of nitrogens with one attached hydrogen (secondary N) is 1. The second kappa shape index (κ2) is 4.52. The Labute approximate surface area is 80.7 Å². The zero-order valence-electron chi connectivity index (χ0n) is 8.52. The summed E-state index contributed by atoms with van der Waals surface area (Å²) in [5.41, 5.74) is 0.434. The second-order valence-electron chi connectivity index (χ2n) is 4.83. The summed E-state index contributed by atoms with van der Waals surface area (Å²) in [7, 11) is 0. The Morgan fingerprint density at radius 2 is 2.17 bits per heavy atom. The molecule has 1 heterocycles. The molecule has 12 heavy (non-hydrogen) atoms. The maximum atomic E-state index is 3.55. The van der Waals surface area contributed by atoms with Crippen molar-refractivity contribution in [1.82, 2.24) is 5.32 Å². The first-order valence-corrected chi connectivity index (χ1v) is 5.95. The van der Waals surface area contributed by atoms with Gasteiger partial charge in [0.15, 0.2) is 0 Å². The Balaban J connectivity index is 2.02. The van der Waals surface area contributed by atoms with Gasteiger partial charge in [0.2, 0.25) is 0 Å². The van der Waals surface area contributed by atoms with Crippen LogP contribution in [0.2, 0.25) is 0 Å². The van der Waals surface area contributed by atoms with E-state index in [1.165, 1.54) is 25.1 Å². The highest BCUT2D eigenvalue weighted by Crippen LogP contribution is 2.25. The molecule has 0 saturated carbocycles. The number of hydrogen-bond acceptors (Lipinski definition) is 2. The fourth-order valence-electron chi connectivity index (χ4n) is 1.41. The minimum atomic E-state index is 0.434. The van der Waals surface area contributed by atoms with Crippen LogP contribution in [0.5, 0.6) is 0 Å². The van der Waals surface area contributed by atoms with Gasteiger partial charge in [0.1, 0.15) is 0 Å². The molecule has 1 saturated heterocycles. The third-order valence-corrected chi connectivity index (χ3v) is 3.45. The molecule has 1 aliphatic rings. The van der Waals surface area contributed by atoms with E-state index in [1.807, 2.05) is 0 Å². The lowest BCUT2D eigenvalue weighted by molar-refractivity contribution is 0.380. The van der Waals surface area contributed by atoms with Crippen molar-refractivity contribution in [3.05, 3.63) is 0 Å². The van der Waals surface area contributed by atoms with Gasteiger partial charge in [0, 0.05) is 18.3 Å². The van der Waals surface area contributed by atoms with Gasteiger partial charge in [-0.15, -0.1) is 0 Å². The molecule has 0 radical (unpaired) electrons. The average molecular weight is 187 g/mol. The molecule has 1 aliphatic heterocycles. The van der Waals surface area contributed by atoms with E-state index in [0.717, 1.165) is 11.8 Å². The molecule has 0 spiro atoms. The number of rotatable bonds is 3. The van der Waals surface area contributed by atoms with E-state index in [1.54, 1.807) is 0 Å². The molecule has 0 bridgehead atoms. The van der Waals surface area contributed by atoms with E-state index in [9.17, 15) is 0 Å². The first-order valence-electron chi connectivity index (χ1n) is 4.90. The van der Waals surface area contributed by atoms with Crippen molar-refractivity contribution in [3.8, 4) is 0 Å². The maximum absolute atomic E-state index is 3.55. The lowest BCUT2D eigenvalue weighted by Gasteiger charge is -2.20. The average Bonchev–Trinajstić information content (AvgIpc) is 2.36. The van der Waals surface area contributed by atoms with Crippen LogP contribution in [0.3, 0.4) is 0 Å². The van der Waals surface area contributed by atoms with Crippen molar-refractivity contribution >= 4 is 11.8 Å². The highest BCUT2D eigenvalue weighted by atomic mass is 32.2. The summed E-state index contributed by atoms with van der Waals surface area (Å²) in [4.78, 5) is 0. The monoisotopic (exact) mass is 187 g/mol. The van der Waals surface area contributed by atoms with Gasteiger partial charge in [-0.2, -0.15) is 11.8 Å². The molecule has 2 heteroatoms. The predicted molar refractivity (Wildman–Crippen MR) is 57.8 cm³/mol. The minimum absolute atomic E-state index is 0.434. The van der Waals surface area contributed by atoms with Gasteiger partial charge in [-0.25, -0.2) is 0 Å². The fraction of sp³-hybridized carbons (Fsp3) is 1.00. The first-order chi connectivity index (χ1) is 5.58. The molecule has 1 atom stereocenters. The zero-order valence-corrected chi connectivity index (χ0v) is 9.34. The predicted octanol–water partition coefficient (Wildman–Crippen LogP) is 2.52. The Bertz CT molecular complexity index is 122. The summed E-state index contributed by atoms with van der Waals surface area (Å²) >= 11 is 2.13. The molecule has 0 aromatic heterocycles. The summed E-state index contributed by atoms with van der Waals surface area (Å²) in [6.07, 6.45) is 2.84. The first kappa shape index (κ1) is 10.4. The SMILES string of the molecule is CC(C)(C)CNCC1CCCS1. The molecular weight excluding hydrogens is 166 g/mol. The van der Waals surface area contributed by atoms with E-state index in [2.05, 4.69) is 37.8 Å². The summed E-state index contributed by atoms with van der Waals surface area (Å²) in [5, 5.41) is 4.44. The van der Waals surface area contributed by atoms with Crippen molar-refractivity contribution in [2.45, 2.75) is 38.9 Å². The van der Waals surface area contributed by atoms with Crippen LogP contribution >= 0.6 is 11.8 Å². The topological polar surface area (TPSA) is 12.0 Å². The Morgan fingerprint density at radius 3 is 2.67 bits per heavy atom. The quantitative estimate of drug-likeness (QED) is 0.728. The van der Waals surface area contributed by atoms with Crippen LogP contribution in [0, 0.1) is 5.41 Å². The molecule has 72 valence electrons. The van der Waals surface area contributed by atoms with E-state index < -0.39 is 0 Å². The number of hydrogen-bond donors (Lipinski definition) is 1. The van der Waals surface area contributed by atoms with Crippen molar-refractivity contribution in [2.75, 3.05) is 18.8 Å². The molecule has 0 aromatic rings. The molecule has 0 aromatic carbocycles. The summed E-state index contributed by atoms with van der Waals surface area (Å²) in [5.74, 6) is 1.38. The van der Waals surface area contributed by atoms with Crippen LogP contribution in [0.25, 0.3) is 0 Å². The second-order valence-corrected chi connectivity index (χ2v) is 6.23. The van der Waals surface area contributed by atoms with Crippen LogP contribution < -0.4 is 5.32 Å². The highest BCUT2D eigenvalue weighted by Gasteiger charge is 2.16. The summed E-state index contributed by atoms with van der Waals surface area (Å²) < 4.78 is 0. The normalized spacial score (nSPS) is 24.8. The van der Waals surface area contributed by atoms with Crippen LogP contribution in [0.4, 0.5) is 0 Å². The van der Waals surface area contributed by atoms with Crippen LogP contribution in [-0.4, -0.2) is 24.1 Å². The van der Waals surface area contributed by atoms with Crippen molar-refractivity contribution in [2.24, 2.45) is 5.41 Å². The van der Waals surface area contributed by atoms with E-state index >= 15 is 0 Å². The minimum Gasteiger partial charge on any atom is -0.315 e. The zero-order chi connectivity index (χ0) is 9.03. The van der Waals surface area contributed by atoms with Crippen molar-refractivity contribution < 1.29 is 0 Å². The van der Waals surface area contributed by atoms with Gasteiger partial charge in [-0.05, 0) is 24.0 Å². The third kappa shape index (κ3) is 4.36. The molecule has 1 rings (SSSR count). The summed E-state index contributed by atoms with van der Waals surface area (Å²) in [6, 6.07) is 0. The molecule has 1 N–H and O–H groups in total. The highest BCUT2D eigenvalue weighted by molar-refractivity contribution is 8.00. The Hall–Kier alpha value is 0.310. The Morgan fingerprint density at radius 1 is 1.42 bits per heavy atom. The van der Waals surface area contributed by atoms with E-state index in [4.69, 9.17) is 0 Å². The van der Waals surface area contributed by atoms with Crippen molar-refractivity contribution in [3.63, 3.8) is 0 Å². The van der Waals surface area contributed by atoms with Crippen LogP contribution in [0.15, 0.2) is 0 Å². The van der Waals surface area contributed by atoms with Crippen LogP contribution in [0.1, 0.15) is 33.6 Å². The standard InChI is InChI=1S/C10H21NS/c1-10(2,3)8-11-7-9-5-4-6-12-9/h9,11H,4-8H2,1-3H3. The molecule has 1 fully saturated rings.